The highest BCUT2D eigenvalue weighted by atomic mass is 16.6. The predicted molar refractivity (Wildman–Crippen MR) is 66.6 cm³/mol. The van der Waals surface area contributed by atoms with Crippen molar-refractivity contribution in [2.45, 2.75) is 51.7 Å². The Morgan fingerprint density at radius 3 is 2.59 bits per heavy atom. The molecule has 2 rings (SSSR count). The number of nitrogens with zero attached hydrogens (tertiary/aromatic N) is 1. The third-order valence-electron chi connectivity index (χ3n) is 3.81. The fourth-order valence-corrected chi connectivity index (χ4v) is 2.99. The fraction of sp³-hybridized carbons (Fsp3) is 0.923. The average Bonchev–Trinajstić information content (AvgIpc) is 2.60. The number of hydrogen-bond acceptors (Lipinski definition) is 3. The molecular weight excluding hydrogens is 216 g/mol. The first kappa shape index (κ1) is 12.7. The first-order valence-electron chi connectivity index (χ1n) is 6.60. The van der Waals surface area contributed by atoms with Crippen molar-refractivity contribution in [2.24, 2.45) is 17.6 Å². The van der Waals surface area contributed by atoms with Gasteiger partial charge < -0.3 is 15.4 Å². The van der Waals surface area contributed by atoms with Gasteiger partial charge in [0.25, 0.3) is 0 Å². The number of nitrogens with two attached hydrogens (primary N) is 1. The van der Waals surface area contributed by atoms with Crippen molar-refractivity contribution in [3.8, 4) is 0 Å². The Balaban J connectivity index is 1.95. The summed E-state index contributed by atoms with van der Waals surface area (Å²) in [6, 6.07) is 0.265. The van der Waals surface area contributed by atoms with Gasteiger partial charge in [-0.2, -0.15) is 0 Å². The maximum absolute atomic E-state index is 12.0. The monoisotopic (exact) mass is 240 g/mol. The van der Waals surface area contributed by atoms with Crippen LogP contribution in [0.2, 0.25) is 0 Å². The van der Waals surface area contributed by atoms with Crippen LogP contribution in [0.5, 0.6) is 0 Å². The zero-order valence-electron chi connectivity index (χ0n) is 11.1. The molecule has 1 amide bonds. The van der Waals surface area contributed by atoms with Gasteiger partial charge in [-0.25, -0.2) is 4.79 Å². The van der Waals surface area contributed by atoms with Gasteiger partial charge in [-0.05, 0) is 45.4 Å². The second-order valence-corrected chi connectivity index (χ2v) is 6.40. The van der Waals surface area contributed by atoms with E-state index in [1.807, 2.05) is 25.7 Å². The van der Waals surface area contributed by atoms with Crippen LogP contribution >= 0.6 is 0 Å². The normalized spacial score (nSPS) is 33.4. The summed E-state index contributed by atoms with van der Waals surface area (Å²) in [5.74, 6) is 1.07. The Labute approximate surface area is 103 Å². The highest BCUT2D eigenvalue weighted by Crippen LogP contribution is 2.35. The molecule has 0 unspecified atom stereocenters. The van der Waals surface area contributed by atoms with E-state index in [4.69, 9.17) is 10.5 Å². The van der Waals surface area contributed by atoms with E-state index in [9.17, 15) is 4.79 Å². The summed E-state index contributed by atoms with van der Waals surface area (Å²) in [4.78, 5) is 13.8. The molecule has 2 fully saturated rings. The molecule has 2 aliphatic rings. The van der Waals surface area contributed by atoms with Crippen LogP contribution in [0.15, 0.2) is 0 Å². The maximum Gasteiger partial charge on any atom is 0.410 e. The maximum atomic E-state index is 12.0. The lowest BCUT2D eigenvalue weighted by molar-refractivity contribution is 0.0283. The summed E-state index contributed by atoms with van der Waals surface area (Å²) >= 11 is 0. The van der Waals surface area contributed by atoms with Crippen LogP contribution in [0, 0.1) is 11.8 Å². The average molecular weight is 240 g/mol. The van der Waals surface area contributed by atoms with Crippen molar-refractivity contribution >= 4 is 6.09 Å². The molecule has 4 nitrogen and oxygen atoms in total. The summed E-state index contributed by atoms with van der Waals surface area (Å²) in [5, 5.41) is 0. The molecule has 2 N–H and O–H groups in total. The lowest BCUT2D eigenvalue weighted by atomic mass is 9.78. The number of hydrogen-bond donors (Lipinski definition) is 1. The van der Waals surface area contributed by atoms with E-state index < -0.39 is 5.60 Å². The van der Waals surface area contributed by atoms with E-state index in [0.29, 0.717) is 11.8 Å². The molecule has 1 saturated carbocycles. The lowest BCUT2D eigenvalue weighted by Crippen LogP contribution is -2.39. The molecular formula is C13H24N2O2. The number of amides is 1. The van der Waals surface area contributed by atoms with Crippen LogP contribution in [0.4, 0.5) is 4.79 Å². The Hall–Kier alpha value is -0.770. The summed E-state index contributed by atoms with van der Waals surface area (Å²) in [6.45, 7) is 7.31. The van der Waals surface area contributed by atoms with Gasteiger partial charge >= 0.3 is 6.09 Å². The van der Waals surface area contributed by atoms with Crippen LogP contribution in [0.25, 0.3) is 0 Å². The van der Waals surface area contributed by atoms with Gasteiger partial charge in [0.15, 0.2) is 0 Å². The molecule has 0 aromatic heterocycles. The molecule has 1 heterocycles. The Morgan fingerprint density at radius 1 is 1.29 bits per heavy atom. The second-order valence-electron chi connectivity index (χ2n) is 6.40. The standard InChI is InChI=1S/C13H24N2O2/c1-13(2,3)17-12(16)15-7-9-5-4-6-11(14)10(9)8-15/h9-11H,4-8,14H2,1-3H3/t9-,10+,11+/m1/s1. The third-order valence-corrected chi connectivity index (χ3v) is 3.81. The highest BCUT2D eigenvalue weighted by molar-refractivity contribution is 5.68. The molecule has 0 spiro atoms. The van der Waals surface area contributed by atoms with Crippen molar-refractivity contribution in [3.05, 3.63) is 0 Å². The highest BCUT2D eigenvalue weighted by Gasteiger charge is 2.41. The van der Waals surface area contributed by atoms with Gasteiger partial charge in [0.1, 0.15) is 5.60 Å². The van der Waals surface area contributed by atoms with Crippen molar-refractivity contribution in [3.63, 3.8) is 0 Å². The van der Waals surface area contributed by atoms with Gasteiger partial charge in [-0.15, -0.1) is 0 Å². The van der Waals surface area contributed by atoms with Crippen LogP contribution in [-0.2, 0) is 4.74 Å². The quantitative estimate of drug-likeness (QED) is 0.704. The van der Waals surface area contributed by atoms with Gasteiger partial charge in [0.2, 0.25) is 0 Å². The van der Waals surface area contributed by atoms with E-state index in [0.717, 1.165) is 19.5 Å². The van der Waals surface area contributed by atoms with Crippen LogP contribution in [0.3, 0.4) is 0 Å². The van der Waals surface area contributed by atoms with Gasteiger partial charge in [0.05, 0.1) is 0 Å². The Bertz CT molecular complexity index is 298. The summed E-state index contributed by atoms with van der Waals surface area (Å²) in [5.41, 5.74) is 5.72. The van der Waals surface area contributed by atoms with Gasteiger partial charge in [0, 0.05) is 19.1 Å². The molecule has 98 valence electrons. The van der Waals surface area contributed by atoms with E-state index in [1.54, 1.807) is 0 Å². The first-order valence-corrected chi connectivity index (χ1v) is 6.60. The van der Waals surface area contributed by atoms with Gasteiger partial charge in [-0.3, -0.25) is 0 Å². The summed E-state index contributed by atoms with van der Waals surface area (Å²) in [7, 11) is 0. The molecule has 0 aromatic rings. The largest absolute Gasteiger partial charge is 0.444 e. The second kappa shape index (κ2) is 4.48. The molecule has 3 atom stereocenters. The minimum absolute atomic E-state index is 0.181. The number of carbonyl (C=O) groups excluding carboxylic acids is 1. The molecule has 4 heteroatoms. The van der Waals surface area contributed by atoms with Crippen LogP contribution < -0.4 is 5.73 Å². The zero-order chi connectivity index (χ0) is 12.6. The summed E-state index contributed by atoms with van der Waals surface area (Å²) < 4.78 is 5.41. The van der Waals surface area contributed by atoms with E-state index in [1.165, 1.54) is 12.8 Å². The molecule has 17 heavy (non-hydrogen) atoms. The fourth-order valence-electron chi connectivity index (χ4n) is 2.99. The number of fused-ring (bicyclic) bond motifs is 1. The van der Waals surface area contributed by atoms with Crippen LogP contribution in [0.1, 0.15) is 40.0 Å². The first-order chi connectivity index (χ1) is 7.87. The topological polar surface area (TPSA) is 55.6 Å². The van der Waals surface area contributed by atoms with E-state index in [2.05, 4.69) is 0 Å². The van der Waals surface area contributed by atoms with E-state index >= 15 is 0 Å². The molecule has 1 aliphatic heterocycles. The zero-order valence-corrected chi connectivity index (χ0v) is 11.1. The minimum atomic E-state index is -0.410. The smallest absolute Gasteiger partial charge is 0.410 e. The summed E-state index contributed by atoms with van der Waals surface area (Å²) in [6.07, 6.45) is 3.32. The third kappa shape index (κ3) is 2.92. The molecule has 1 saturated heterocycles. The molecule has 0 aromatic carbocycles. The molecule has 0 radical (unpaired) electrons. The lowest BCUT2D eigenvalue weighted by Gasteiger charge is -2.29. The number of ether oxygens (including phenoxy) is 1. The number of carbonyl (C=O) groups is 1. The van der Waals surface area contributed by atoms with Gasteiger partial charge in [-0.1, -0.05) is 6.42 Å². The molecule has 1 aliphatic carbocycles. The Kier molecular flexibility index (Phi) is 3.34. The van der Waals surface area contributed by atoms with Crippen molar-refractivity contribution in [1.29, 1.82) is 0 Å². The van der Waals surface area contributed by atoms with Crippen molar-refractivity contribution in [2.75, 3.05) is 13.1 Å². The van der Waals surface area contributed by atoms with Crippen molar-refractivity contribution in [1.82, 2.24) is 4.90 Å². The molecule has 0 bridgehead atoms. The predicted octanol–water partition coefficient (Wildman–Crippen LogP) is 1.98. The van der Waals surface area contributed by atoms with E-state index in [-0.39, 0.29) is 12.1 Å². The Morgan fingerprint density at radius 2 is 2.00 bits per heavy atom. The number of likely N-dealkylation sites (tertiary alicyclic amines) is 1. The number of rotatable bonds is 0. The SMILES string of the molecule is CC(C)(C)OC(=O)N1C[C@H]2CCC[C@H](N)[C@H]2C1. The van der Waals surface area contributed by atoms with Crippen molar-refractivity contribution < 1.29 is 9.53 Å². The van der Waals surface area contributed by atoms with Crippen LogP contribution in [-0.4, -0.2) is 35.7 Å². The minimum Gasteiger partial charge on any atom is -0.444 e.